The maximum Gasteiger partial charge on any atom is 0.134 e. The van der Waals surface area contributed by atoms with Gasteiger partial charge < -0.3 is 4.74 Å². The van der Waals surface area contributed by atoms with E-state index in [4.69, 9.17) is 4.74 Å². The van der Waals surface area contributed by atoms with E-state index in [1.807, 2.05) is 30.3 Å². The molecule has 2 aromatic rings. The number of fused-ring (bicyclic) bond motifs is 1. The number of ether oxygens (including phenoxy) is 1. The Bertz CT molecular complexity index is 701. The molecule has 21 heavy (non-hydrogen) atoms. The van der Waals surface area contributed by atoms with Crippen molar-refractivity contribution in [3.05, 3.63) is 45.4 Å². The quantitative estimate of drug-likeness (QED) is 0.801. The maximum atomic E-state index is 9.47. The van der Waals surface area contributed by atoms with E-state index in [-0.39, 0.29) is 0 Å². The molecule has 0 unspecified atom stereocenters. The smallest absolute Gasteiger partial charge is 0.134 e. The van der Waals surface area contributed by atoms with Crippen molar-refractivity contribution in [3.63, 3.8) is 0 Å². The van der Waals surface area contributed by atoms with E-state index in [0.29, 0.717) is 5.57 Å². The van der Waals surface area contributed by atoms with E-state index in [9.17, 15) is 5.26 Å². The fraction of sp³-hybridized carbons (Fsp3) is 0.294. The standard InChI is InChI=1S/C17H16N2OS/c1-20-15-8-4-2-6-12(15)10-13(11-18)17-19-14-7-3-5-9-16(14)21-17/h2,4,6,8,10H,3,5,7,9H2,1H3/b13-10+. The van der Waals surface area contributed by atoms with Crippen molar-refractivity contribution in [1.82, 2.24) is 4.98 Å². The van der Waals surface area contributed by atoms with Gasteiger partial charge in [-0.3, -0.25) is 0 Å². The molecular formula is C17H16N2OS. The summed E-state index contributed by atoms with van der Waals surface area (Å²) in [4.78, 5) is 6.01. The number of nitriles is 1. The van der Waals surface area contributed by atoms with Gasteiger partial charge in [0.1, 0.15) is 16.8 Å². The number of benzene rings is 1. The Labute approximate surface area is 128 Å². The number of aryl methyl sites for hydroxylation is 2. The van der Waals surface area contributed by atoms with Crippen LogP contribution >= 0.6 is 11.3 Å². The predicted octanol–water partition coefficient (Wildman–Crippen LogP) is 4.09. The number of thiazole rings is 1. The summed E-state index contributed by atoms with van der Waals surface area (Å²) >= 11 is 1.66. The zero-order valence-electron chi connectivity index (χ0n) is 11.9. The highest BCUT2D eigenvalue weighted by atomic mass is 32.1. The van der Waals surface area contributed by atoms with Crippen molar-refractivity contribution in [1.29, 1.82) is 5.26 Å². The van der Waals surface area contributed by atoms with E-state index >= 15 is 0 Å². The van der Waals surface area contributed by atoms with Crippen molar-refractivity contribution in [2.24, 2.45) is 0 Å². The van der Waals surface area contributed by atoms with E-state index in [1.165, 1.54) is 23.4 Å². The molecule has 0 atom stereocenters. The summed E-state index contributed by atoms with van der Waals surface area (Å²) in [6.45, 7) is 0. The largest absolute Gasteiger partial charge is 0.496 e. The first-order chi connectivity index (χ1) is 10.3. The van der Waals surface area contributed by atoms with Crippen molar-refractivity contribution in [2.75, 3.05) is 7.11 Å². The number of allylic oxidation sites excluding steroid dienone is 1. The molecule has 0 amide bonds. The first kappa shape index (κ1) is 13.8. The van der Waals surface area contributed by atoms with Gasteiger partial charge >= 0.3 is 0 Å². The fourth-order valence-corrected chi connectivity index (χ4v) is 3.67. The first-order valence-corrected chi connectivity index (χ1v) is 7.87. The van der Waals surface area contributed by atoms with Crippen molar-refractivity contribution in [3.8, 4) is 11.8 Å². The zero-order valence-corrected chi connectivity index (χ0v) is 12.7. The molecular weight excluding hydrogens is 280 g/mol. The van der Waals surface area contributed by atoms with Crippen LogP contribution in [0.3, 0.4) is 0 Å². The highest BCUT2D eigenvalue weighted by Gasteiger charge is 2.17. The van der Waals surface area contributed by atoms with Crippen molar-refractivity contribution < 1.29 is 4.74 Å². The molecule has 1 aliphatic rings. The lowest BCUT2D eigenvalue weighted by molar-refractivity contribution is 0.414. The molecule has 3 rings (SSSR count). The van der Waals surface area contributed by atoms with E-state index in [1.54, 1.807) is 18.4 Å². The molecule has 0 bridgehead atoms. The molecule has 4 heteroatoms. The molecule has 0 fully saturated rings. The number of nitrogens with zero attached hydrogens (tertiary/aromatic N) is 2. The van der Waals surface area contributed by atoms with Crippen molar-refractivity contribution in [2.45, 2.75) is 25.7 Å². The van der Waals surface area contributed by atoms with Crippen LogP contribution in [0.1, 0.15) is 34.0 Å². The second kappa shape index (κ2) is 6.11. The molecule has 0 N–H and O–H groups in total. The topological polar surface area (TPSA) is 45.9 Å². The van der Waals surface area contributed by atoms with Gasteiger partial charge in [-0.05, 0) is 37.8 Å². The Hall–Kier alpha value is -2.12. The van der Waals surface area contributed by atoms with Crippen LogP contribution in [0, 0.1) is 11.3 Å². The molecule has 1 heterocycles. The average molecular weight is 296 g/mol. The number of para-hydroxylation sites is 1. The number of rotatable bonds is 3. The van der Waals surface area contributed by atoms with Gasteiger partial charge in [-0.15, -0.1) is 11.3 Å². The number of hydrogen-bond acceptors (Lipinski definition) is 4. The Morgan fingerprint density at radius 1 is 1.33 bits per heavy atom. The molecule has 106 valence electrons. The summed E-state index contributed by atoms with van der Waals surface area (Å²) in [5.74, 6) is 0.770. The molecule has 3 nitrogen and oxygen atoms in total. The maximum absolute atomic E-state index is 9.47. The SMILES string of the molecule is COc1ccccc1/C=C(\C#N)c1nc2c(s1)CCCC2. The van der Waals surface area contributed by atoms with Gasteiger partial charge in [-0.1, -0.05) is 18.2 Å². The molecule has 0 radical (unpaired) electrons. The number of aromatic nitrogens is 1. The third kappa shape index (κ3) is 2.84. The summed E-state index contributed by atoms with van der Waals surface area (Å²) < 4.78 is 5.34. The summed E-state index contributed by atoms with van der Waals surface area (Å²) in [6, 6.07) is 9.99. The second-order valence-corrected chi connectivity index (χ2v) is 6.09. The number of methoxy groups -OCH3 is 1. The van der Waals surface area contributed by atoms with E-state index in [0.717, 1.165) is 29.2 Å². The van der Waals surface area contributed by atoms with Crippen LogP contribution in [0.25, 0.3) is 11.6 Å². The van der Waals surface area contributed by atoms with E-state index in [2.05, 4.69) is 11.1 Å². The highest BCUT2D eigenvalue weighted by molar-refractivity contribution is 7.13. The summed E-state index contributed by atoms with van der Waals surface area (Å²) in [5.41, 5.74) is 2.70. The predicted molar refractivity (Wildman–Crippen MR) is 85.2 cm³/mol. The third-order valence-electron chi connectivity index (χ3n) is 3.64. The Balaban J connectivity index is 2.00. The lowest BCUT2D eigenvalue weighted by Crippen LogP contribution is -1.99. The van der Waals surface area contributed by atoms with Gasteiger partial charge in [0.15, 0.2) is 0 Å². The van der Waals surface area contributed by atoms with Crippen LogP contribution in [0.2, 0.25) is 0 Å². The van der Waals surface area contributed by atoms with Crippen LogP contribution in [-0.2, 0) is 12.8 Å². The van der Waals surface area contributed by atoms with Crippen molar-refractivity contribution >= 4 is 23.0 Å². The minimum absolute atomic E-state index is 0.610. The lowest BCUT2D eigenvalue weighted by Gasteiger charge is -2.06. The molecule has 1 aromatic carbocycles. The summed E-state index contributed by atoms with van der Waals surface area (Å²) in [5, 5.41) is 10.3. The Morgan fingerprint density at radius 3 is 2.90 bits per heavy atom. The zero-order chi connectivity index (χ0) is 14.7. The van der Waals surface area contributed by atoms with Gasteiger partial charge in [-0.2, -0.15) is 5.26 Å². The van der Waals surface area contributed by atoms with Crippen LogP contribution in [0.5, 0.6) is 5.75 Å². The minimum Gasteiger partial charge on any atom is -0.496 e. The highest BCUT2D eigenvalue weighted by Crippen LogP contribution is 2.32. The van der Waals surface area contributed by atoms with Crippen LogP contribution < -0.4 is 4.74 Å². The Morgan fingerprint density at radius 2 is 2.14 bits per heavy atom. The minimum atomic E-state index is 0.610. The monoisotopic (exact) mass is 296 g/mol. The Kier molecular flexibility index (Phi) is 4.03. The van der Waals surface area contributed by atoms with E-state index < -0.39 is 0 Å². The summed E-state index contributed by atoms with van der Waals surface area (Å²) in [7, 11) is 1.64. The van der Waals surface area contributed by atoms with Gasteiger partial charge in [0.2, 0.25) is 0 Å². The molecule has 0 saturated carbocycles. The molecule has 0 spiro atoms. The van der Waals surface area contributed by atoms with Gasteiger partial charge in [0.25, 0.3) is 0 Å². The lowest BCUT2D eigenvalue weighted by atomic mass is 10.0. The van der Waals surface area contributed by atoms with Gasteiger partial charge in [0, 0.05) is 10.4 Å². The first-order valence-electron chi connectivity index (χ1n) is 7.05. The third-order valence-corrected chi connectivity index (χ3v) is 4.83. The van der Waals surface area contributed by atoms with Crippen LogP contribution in [0.4, 0.5) is 0 Å². The fourth-order valence-electron chi connectivity index (χ4n) is 2.55. The number of hydrogen-bond donors (Lipinski definition) is 0. The van der Waals surface area contributed by atoms with Gasteiger partial charge in [-0.25, -0.2) is 4.98 Å². The molecule has 1 aliphatic carbocycles. The average Bonchev–Trinajstić information content (AvgIpc) is 2.96. The summed E-state index contributed by atoms with van der Waals surface area (Å²) in [6.07, 6.45) is 6.43. The molecule has 0 aliphatic heterocycles. The second-order valence-electron chi connectivity index (χ2n) is 5.01. The molecule has 0 saturated heterocycles. The van der Waals surface area contributed by atoms with Crippen LogP contribution in [0.15, 0.2) is 24.3 Å². The molecule has 1 aromatic heterocycles. The van der Waals surface area contributed by atoms with Gasteiger partial charge in [0.05, 0.1) is 18.4 Å². The van der Waals surface area contributed by atoms with Crippen LogP contribution in [-0.4, -0.2) is 12.1 Å². The normalized spacial score (nSPS) is 14.4.